The van der Waals surface area contributed by atoms with Crippen LogP contribution in [0.25, 0.3) is 0 Å². The molecular weight excluding hydrogens is 264 g/mol. The first-order valence-corrected chi connectivity index (χ1v) is 6.92. The fourth-order valence-electron chi connectivity index (χ4n) is 1.47. The highest BCUT2D eigenvalue weighted by Crippen LogP contribution is 2.25. The maximum absolute atomic E-state index is 12.0. The number of rotatable bonds is 7. The minimum Gasteiger partial charge on any atom is -0.385 e. The summed E-state index contributed by atoms with van der Waals surface area (Å²) in [5.74, 6) is 0.0866. The SMILES string of the molecule is CNc1nc(N)c(C(=O)NCC(C)(C)CCOC)s1. The van der Waals surface area contributed by atoms with Gasteiger partial charge in [0.2, 0.25) is 0 Å². The van der Waals surface area contributed by atoms with Crippen molar-refractivity contribution < 1.29 is 9.53 Å². The summed E-state index contributed by atoms with van der Waals surface area (Å²) in [4.78, 5) is 16.5. The van der Waals surface area contributed by atoms with Crippen LogP contribution >= 0.6 is 11.3 Å². The molecule has 0 saturated carbocycles. The molecule has 0 bridgehead atoms. The van der Waals surface area contributed by atoms with Gasteiger partial charge >= 0.3 is 0 Å². The number of carbonyl (C=O) groups excluding carboxylic acids is 1. The number of methoxy groups -OCH3 is 1. The third kappa shape index (κ3) is 4.68. The van der Waals surface area contributed by atoms with Crippen molar-refractivity contribution in [1.29, 1.82) is 0 Å². The van der Waals surface area contributed by atoms with Gasteiger partial charge in [-0.05, 0) is 11.8 Å². The molecule has 1 rings (SSSR count). The topological polar surface area (TPSA) is 89.3 Å². The summed E-state index contributed by atoms with van der Waals surface area (Å²) in [6, 6.07) is 0. The molecule has 4 N–H and O–H groups in total. The first kappa shape index (κ1) is 15.7. The van der Waals surface area contributed by atoms with E-state index in [9.17, 15) is 4.79 Å². The number of nitrogen functional groups attached to an aromatic ring is 1. The molecule has 0 aliphatic carbocycles. The van der Waals surface area contributed by atoms with Gasteiger partial charge in [-0.15, -0.1) is 0 Å². The van der Waals surface area contributed by atoms with E-state index in [0.29, 0.717) is 23.2 Å². The molecule has 1 amide bonds. The Hall–Kier alpha value is -1.34. The fraction of sp³-hybridized carbons (Fsp3) is 0.667. The average Bonchev–Trinajstić information content (AvgIpc) is 2.75. The molecule has 0 radical (unpaired) electrons. The van der Waals surface area contributed by atoms with Gasteiger partial charge in [0, 0.05) is 27.3 Å². The van der Waals surface area contributed by atoms with Crippen LogP contribution in [0.3, 0.4) is 0 Å². The number of carbonyl (C=O) groups is 1. The molecule has 7 heteroatoms. The van der Waals surface area contributed by atoms with E-state index < -0.39 is 0 Å². The van der Waals surface area contributed by atoms with E-state index in [2.05, 4.69) is 29.5 Å². The molecule has 0 spiro atoms. The Bertz CT molecular complexity index is 431. The highest BCUT2D eigenvalue weighted by atomic mass is 32.1. The molecule has 0 aliphatic rings. The van der Waals surface area contributed by atoms with Crippen molar-refractivity contribution in [2.24, 2.45) is 5.41 Å². The molecular formula is C12H22N4O2S. The molecule has 0 fully saturated rings. The molecule has 108 valence electrons. The molecule has 19 heavy (non-hydrogen) atoms. The minimum absolute atomic E-state index is 0.0169. The van der Waals surface area contributed by atoms with E-state index in [4.69, 9.17) is 10.5 Å². The van der Waals surface area contributed by atoms with Crippen LogP contribution in [0.4, 0.5) is 10.9 Å². The number of hydrogen-bond donors (Lipinski definition) is 3. The van der Waals surface area contributed by atoms with Gasteiger partial charge in [0.1, 0.15) is 10.7 Å². The maximum Gasteiger partial charge on any atom is 0.265 e. The number of aromatic nitrogens is 1. The van der Waals surface area contributed by atoms with Gasteiger partial charge in [-0.25, -0.2) is 4.98 Å². The number of nitrogens with two attached hydrogens (primary N) is 1. The van der Waals surface area contributed by atoms with Gasteiger partial charge in [-0.3, -0.25) is 4.79 Å². The molecule has 1 heterocycles. The average molecular weight is 286 g/mol. The van der Waals surface area contributed by atoms with Crippen LogP contribution < -0.4 is 16.4 Å². The van der Waals surface area contributed by atoms with Crippen molar-refractivity contribution in [3.8, 4) is 0 Å². The maximum atomic E-state index is 12.0. The minimum atomic E-state index is -0.179. The molecule has 0 unspecified atom stereocenters. The largest absolute Gasteiger partial charge is 0.385 e. The normalized spacial score (nSPS) is 11.4. The van der Waals surface area contributed by atoms with Gasteiger partial charge in [-0.1, -0.05) is 25.2 Å². The summed E-state index contributed by atoms with van der Waals surface area (Å²) in [5, 5.41) is 6.41. The summed E-state index contributed by atoms with van der Waals surface area (Å²) in [6.45, 7) is 5.42. The van der Waals surface area contributed by atoms with Gasteiger partial charge < -0.3 is 21.1 Å². The second-order valence-corrected chi connectivity index (χ2v) is 6.07. The lowest BCUT2D eigenvalue weighted by Gasteiger charge is -2.24. The van der Waals surface area contributed by atoms with Gasteiger partial charge in [-0.2, -0.15) is 0 Å². The van der Waals surface area contributed by atoms with Crippen LogP contribution in [-0.4, -0.2) is 38.2 Å². The Balaban J connectivity index is 2.57. The smallest absolute Gasteiger partial charge is 0.265 e. The van der Waals surface area contributed by atoms with Crippen LogP contribution in [0.1, 0.15) is 29.9 Å². The first-order chi connectivity index (χ1) is 8.89. The second kappa shape index (κ2) is 6.72. The molecule has 0 atom stereocenters. The predicted molar refractivity (Wildman–Crippen MR) is 78.7 cm³/mol. The van der Waals surface area contributed by atoms with Crippen molar-refractivity contribution in [3.63, 3.8) is 0 Å². The number of anilines is 2. The summed E-state index contributed by atoms with van der Waals surface area (Å²) >= 11 is 1.25. The Morgan fingerprint density at radius 3 is 2.74 bits per heavy atom. The quantitative estimate of drug-likeness (QED) is 0.708. The lowest BCUT2D eigenvalue weighted by Crippen LogP contribution is -2.34. The van der Waals surface area contributed by atoms with E-state index in [1.807, 2.05) is 0 Å². The Kier molecular flexibility index (Phi) is 5.56. The monoisotopic (exact) mass is 286 g/mol. The third-order valence-electron chi connectivity index (χ3n) is 2.78. The summed E-state index contributed by atoms with van der Waals surface area (Å²) in [5.41, 5.74) is 5.70. The summed E-state index contributed by atoms with van der Waals surface area (Å²) < 4.78 is 5.06. The Morgan fingerprint density at radius 2 is 2.21 bits per heavy atom. The predicted octanol–water partition coefficient (Wildman–Crippen LogP) is 1.56. The van der Waals surface area contributed by atoms with E-state index in [1.165, 1.54) is 11.3 Å². The first-order valence-electron chi connectivity index (χ1n) is 6.11. The van der Waals surface area contributed by atoms with Crippen molar-refractivity contribution in [2.45, 2.75) is 20.3 Å². The van der Waals surface area contributed by atoms with Crippen molar-refractivity contribution in [2.75, 3.05) is 38.4 Å². The van der Waals surface area contributed by atoms with E-state index in [-0.39, 0.29) is 17.1 Å². The number of hydrogen-bond acceptors (Lipinski definition) is 6. The van der Waals surface area contributed by atoms with Crippen LogP contribution in [0.2, 0.25) is 0 Å². The summed E-state index contributed by atoms with van der Waals surface area (Å²) in [6.07, 6.45) is 0.879. The number of nitrogens with one attached hydrogen (secondary N) is 2. The highest BCUT2D eigenvalue weighted by molar-refractivity contribution is 7.18. The lowest BCUT2D eigenvalue weighted by molar-refractivity contribution is 0.0925. The number of thiazole rings is 1. The highest BCUT2D eigenvalue weighted by Gasteiger charge is 2.21. The van der Waals surface area contributed by atoms with Gasteiger partial charge in [0.15, 0.2) is 5.13 Å². The van der Waals surface area contributed by atoms with Crippen LogP contribution in [0, 0.1) is 5.41 Å². The van der Waals surface area contributed by atoms with Crippen LogP contribution in [0.5, 0.6) is 0 Å². The van der Waals surface area contributed by atoms with E-state index >= 15 is 0 Å². The number of ether oxygens (including phenoxy) is 1. The van der Waals surface area contributed by atoms with Crippen molar-refractivity contribution >= 4 is 28.2 Å². The zero-order valence-electron chi connectivity index (χ0n) is 11.9. The van der Waals surface area contributed by atoms with Gasteiger partial charge in [0.05, 0.1) is 0 Å². The molecule has 0 aliphatic heterocycles. The van der Waals surface area contributed by atoms with Gasteiger partial charge in [0.25, 0.3) is 5.91 Å². The molecule has 1 aromatic heterocycles. The fourth-order valence-corrected chi connectivity index (χ4v) is 2.22. The molecule has 6 nitrogen and oxygen atoms in total. The summed E-state index contributed by atoms with van der Waals surface area (Å²) in [7, 11) is 3.42. The number of amides is 1. The zero-order chi connectivity index (χ0) is 14.5. The molecule has 0 aromatic carbocycles. The molecule has 0 saturated heterocycles. The lowest BCUT2D eigenvalue weighted by atomic mass is 9.90. The third-order valence-corrected chi connectivity index (χ3v) is 3.87. The van der Waals surface area contributed by atoms with E-state index in [0.717, 1.165) is 6.42 Å². The van der Waals surface area contributed by atoms with E-state index in [1.54, 1.807) is 14.2 Å². The van der Waals surface area contributed by atoms with Crippen LogP contribution in [0.15, 0.2) is 0 Å². The van der Waals surface area contributed by atoms with Crippen molar-refractivity contribution in [3.05, 3.63) is 4.88 Å². The van der Waals surface area contributed by atoms with Crippen molar-refractivity contribution in [1.82, 2.24) is 10.3 Å². The Morgan fingerprint density at radius 1 is 1.53 bits per heavy atom. The number of nitrogens with zero attached hydrogens (tertiary/aromatic N) is 1. The Labute approximate surface area is 117 Å². The van der Waals surface area contributed by atoms with Crippen LogP contribution in [-0.2, 0) is 4.74 Å². The zero-order valence-corrected chi connectivity index (χ0v) is 12.7. The second-order valence-electron chi connectivity index (χ2n) is 5.07. The standard InChI is InChI=1S/C12H22N4O2S/c1-12(2,5-6-18-4)7-15-10(17)8-9(13)16-11(14-3)19-8/h5-7,13H2,1-4H3,(H,14,16)(H,15,17). The molecule has 1 aromatic rings.